The molecular weight excluding hydrogens is 284 g/mol. The molecule has 0 atom stereocenters. The van der Waals surface area contributed by atoms with Crippen LogP contribution >= 0.6 is 11.8 Å². The van der Waals surface area contributed by atoms with Gasteiger partial charge in [0.25, 0.3) is 0 Å². The predicted molar refractivity (Wildman–Crippen MR) is 87.1 cm³/mol. The topological polar surface area (TPSA) is 40.6 Å². The zero-order valence-electron chi connectivity index (χ0n) is 13.8. The van der Waals surface area contributed by atoms with E-state index in [0.29, 0.717) is 6.42 Å². The molecule has 2 heterocycles. The Kier molecular flexibility index (Phi) is 4.91. The van der Waals surface area contributed by atoms with Crippen LogP contribution in [0.3, 0.4) is 0 Å². The lowest BCUT2D eigenvalue weighted by Crippen LogP contribution is -2.55. The fraction of sp³-hybridized carbons (Fsp3) is 0.875. The number of thioether (sulfide) groups is 1. The minimum atomic E-state index is -0.314. The molecule has 21 heavy (non-hydrogen) atoms. The van der Waals surface area contributed by atoms with Gasteiger partial charge in [-0.1, -0.05) is 27.7 Å². The van der Waals surface area contributed by atoms with Gasteiger partial charge in [-0.25, -0.2) is 0 Å². The van der Waals surface area contributed by atoms with Crippen molar-refractivity contribution in [2.24, 2.45) is 5.41 Å². The number of hydrogen-bond donors (Lipinski definition) is 0. The van der Waals surface area contributed by atoms with Crippen molar-refractivity contribution >= 4 is 23.6 Å². The number of piperidine rings is 1. The molecule has 2 amide bonds. The third kappa shape index (κ3) is 3.38. The first kappa shape index (κ1) is 16.7. The number of carbonyl (C=O) groups excluding carboxylic acids is 2. The highest BCUT2D eigenvalue weighted by Gasteiger charge is 2.47. The lowest BCUT2D eigenvalue weighted by atomic mass is 9.92. The third-order valence-electron chi connectivity index (χ3n) is 4.42. The first-order valence-electron chi connectivity index (χ1n) is 8.04. The van der Waals surface area contributed by atoms with Crippen LogP contribution < -0.4 is 0 Å². The van der Waals surface area contributed by atoms with Crippen molar-refractivity contribution in [1.82, 2.24) is 9.80 Å². The van der Waals surface area contributed by atoms with Crippen LogP contribution in [0.15, 0.2) is 0 Å². The second kappa shape index (κ2) is 6.19. The van der Waals surface area contributed by atoms with Crippen LogP contribution in [0.2, 0.25) is 0 Å². The molecule has 120 valence electrons. The van der Waals surface area contributed by atoms with Gasteiger partial charge in [0.15, 0.2) is 0 Å². The monoisotopic (exact) mass is 312 g/mol. The summed E-state index contributed by atoms with van der Waals surface area (Å²) in [5.41, 5.74) is -0.314. The number of hydrogen-bond acceptors (Lipinski definition) is 3. The molecule has 0 aromatic rings. The zero-order chi connectivity index (χ0) is 15.7. The number of carbonyl (C=O) groups is 2. The molecule has 0 aromatic heterocycles. The molecule has 0 N–H and O–H groups in total. The SMILES string of the molecule is CCCC(=O)N1CCSC12CCN(C(=O)C(C)(C)C)CC2. The summed E-state index contributed by atoms with van der Waals surface area (Å²) in [4.78, 5) is 28.7. The van der Waals surface area contributed by atoms with E-state index in [1.807, 2.05) is 37.4 Å². The number of amides is 2. The average molecular weight is 312 g/mol. The van der Waals surface area contributed by atoms with E-state index in [-0.39, 0.29) is 22.1 Å². The Hall–Kier alpha value is -0.710. The van der Waals surface area contributed by atoms with E-state index in [0.717, 1.165) is 44.6 Å². The quantitative estimate of drug-likeness (QED) is 0.787. The van der Waals surface area contributed by atoms with E-state index < -0.39 is 0 Å². The molecule has 0 unspecified atom stereocenters. The van der Waals surface area contributed by atoms with E-state index in [2.05, 4.69) is 11.8 Å². The van der Waals surface area contributed by atoms with Crippen molar-refractivity contribution in [3.63, 3.8) is 0 Å². The predicted octanol–water partition coefficient (Wildman–Crippen LogP) is 2.73. The molecule has 2 saturated heterocycles. The lowest BCUT2D eigenvalue weighted by Gasteiger charge is -2.45. The second-order valence-corrected chi connectivity index (χ2v) is 8.59. The van der Waals surface area contributed by atoms with Crippen LogP contribution in [-0.4, -0.2) is 51.9 Å². The van der Waals surface area contributed by atoms with Crippen LogP contribution in [0.4, 0.5) is 0 Å². The number of nitrogens with zero attached hydrogens (tertiary/aromatic N) is 2. The summed E-state index contributed by atoms with van der Waals surface area (Å²) in [6.45, 7) is 10.4. The van der Waals surface area contributed by atoms with Gasteiger partial charge in [-0.15, -0.1) is 11.8 Å². The van der Waals surface area contributed by atoms with E-state index in [1.54, 1.807) is 0 Å². The van der Waals surface area contributed by atoms with Crippen molar-refractivity contribution < 1.29 is 9.59 Å². The van der Waals surface area contributed by atoms with E-state index in [4.69, 9.17) is 0 Å². The highest BCUT2D eigenvalue weighted by Crippen LogP contribution is 2.44. The second-order valence-electron chi connectivity index (χ2n) is 7.13. The molecule has 1 spiro atoms. The van der Waals surface area contributed by atoms with Crippen molar-refractivity contribution in [3.05, 3.63) is 0 Å². The lowest BCUT2D eigenvalue weighted by molar-refractivity contribution is -0.142. The summed E-state index contributed by atoms with van der Waals surface area (Å²) in [5.74, 6) is 1.55. The van der Waals surface area contributed by atoms with E-state index in [1.165, 1.54) is 0 Å². The fourth-order valence-electron chi connectivity index (χ4n) is 3.26. The Balaban J connectivity index is 2.01. The minimum Gasteiger partial charge on any atom is -0.342 e. The summed E-state index contributed by atoms with van der Waals surface area (Å²) in [6, 6.07) is 0. The van der Waals surface area contributed by atoms with Gasteiger partial charge in [-0.05, 0) is 19.3 Å². The van der Waals surface area contributed by atoms with Crippen LogP contribution in [0.25, 0.3) is 0 Å². The van der Waals surface area contributed by atoms with E-state index >= 15 is 0 Å². The number of rotatable bonds is 2. The largest absolute Gasteiger partial charge is 0.342 e. The standard InChI is InChI=1S/C16H28N2O2S/c1-5-6-13(19)18-11-12-21-16(18)7-9-17(10-8-16)14(20)15(2,3)4/h5-12H2,1-4H3. The highest BCUT2D eigenvalue weighted by atomic mass is 32.2. The Labute approximate surface area is 132 Å². The van der Waals surface area contributed by atoms with Gasteiger partial charge < -0.3 is 9.80 Å². The molecule has 0 radical (unpaired) electrons. The Morgan fingerprint density at radius 3 is 2.29 bits per heavy atom. The maximum atomic E-state index is 12.4. The molecule has 4 nitrogen and oxygen atoms in total. The maximum Gasteiger partial charge on any atom is 0.227 e. The first-order valence-corrected chi connectivity index (χ1v) is 9.02. The van der Waals surface area contributed by atoms with Gasteiger partial charge in [-0.2, -0.15) is 0 Å². The van der Waals surface area contributed by atoms with Crippen LogP contribution in [0, 0.1) is 5.41 Å². The molecule has 0 bridgehead atoms. The Bertz CT molecular complexity index is 409. The normalized spacial score (nSPS) is 21.9. The van der Waals surface area contributed by atoms with Crippen LogP contribution in [0.1, 0.15) is 53.4 Å². The van der Waals surface area contributed by atoms with Gasteiger partial charge in [0.2, 0.25) is 11.8 Å². The van der Waals surface area contributed by atoms with Gasteiger partial charge in [0.05, 0.1) is 4.87 Å². The molecule has 5 heteroatoms. The molecular formula is C16H28N2O2S. The molecule has 2 rings (SSSR count). The van der Waals surface area contributed by atoms with Gasteiger partial charge in [0.1, 0.15) is 0 Å². The molecule has 2 aliphatic heterocycles. The zero-order valence-corrected chi connectivity index (χ0v) is 14.6. The highest BCUT2D eigenvalue weighted by molar-refractivity contribution is 8.00. The third-order valence-corrected chi connectivity index (χ3v) is 5.97. The Morgan fingerprint density at radius 1 is 1.14 bits per heavy atom. The summed E-state index contributed by atoms with van der Waals surface area (Å²) in [6.07, 6.45) is 3.38. The van der Waals surface area contributed by atoms with E-state index in [9.17, 15) is 9.59 Å². The first-order chi connectivity index (χ1) is 9.80. The molecule has 2 aliphatic rings. The summed E-state index contributed by atoms with van der Waals surface area (Å²) in [5, 5.41) is 0. The molecule has 2 fully saturated rings. The smallest absolute Gasteiger partial charge is 0.227 e. The molecule has 0 saturated carbocycles. The van der Waals surface area contributed by atoms with Gasteiger partial charge in [0, 0.05) is 37.2 Å². The van der Waals surface area contributed by atoms with Crippen LogP contribution in [-0.2, 0) is 9.59 Å². The average Bonchev–Trinajstić information content (AvgIpc) is 2.82. The maximum absolute atomic E-state index is 12.4. The van der Waals surface area contributed by atoms with Crippen molar-refractivity contribution in [2.75, 3.05) is 25.4 Å². The summed E-state index contributed by atoms with van der Waals surface area (Å²) >= 11 is 1.92. The van der Waals surface area contributed by atoms with Gasteiger partial charge >= 0.3 is 0 Å². The molecule has 0 aromatic carbocycles. The minimum absolute atomic E-state index is 0.0408. The number of likely N-dealkylation sites (tertiary alicyclic amines) is 1. The van der Waals surface area contributed by atoms with Crippen molar-refractivity contribution in [2.45, 2.75) is 58.2 Å². The molecule has 0 aliphatic carbocycles. The summed E-state index contributed by atoms with van der Waals surface area (Å²) in [7, 11) is 0. The summed E-state index contributed by atoms with van der Waals surface area (Å²) < 4.78 is 0. The van der Waals surface area contributed by atoms with Crippen LogP contribution in [0.5, 0.6) is 0 Å². The van der Waals surface area contributed by atoms with Crippen molar-refractivity contribution in [3.8, 4) is 0 Å². The fourth-order valence-corrected chi connectivity index (χ4v) is 4.73. The van der Waals surface area contributed by atoms with Crippen molar-refractivity contribution in [1.29, 1.82) is 0 Å². The van der Waals surface area contributed by atoms with Gasteiger partial charge in [-0.3, -0.25) is 9.59 Å². The Morgan fingerprint density at radius 2 is 1.76 bits per heavy atom.